The van der Waals surface area contributed by atoms with Crippen molar-refractivity contribution >= 4 is 6.09 Å². The third-order valence-corrected chi connectivity index (χ3v) is 2.18. The van der Waals surface area contributed by atoms with Gasteiger partial charge in [0.2, 0.25) is 0 Å². The van der Waals surface area contributed by atoms with E-state index in [9.17, 15) is 4.79 Å². The van der Waals surface area contributed by atoms with Gasteiger partial charge in [-0.1, -0.05) is 27.7 Å². The molecule has 16 heavy (non-hydrogen) atoms. The molecule has 0 aliphatic rings. The molecule has 3 nitrogen and oxygen atoms in total. The summed E-state index contributed by atoms with van der Waals surface area (Å²) >= 11 is 0. The van der Waals surface area contributed by atoms with E-state index in [-0.39, 0.29) is 18.2 Å². The predicted octanol–water partition coefficient (Wildman–Crippen LogP) is 3.58. The summed E-state index contributed by atoms with van der Waals surface area (Å²) < 4.78 is 5.09. The van der Waals surface area contributed by atoms with E-state index in [4.69, 9.17) is 4.74 Å². The van der Waals surface area contributed by atoms with Crippen LogP contribution in [0.4, 0.5) is 4.79 Å². The average molecular weight is 229 g/mol. The molecule has 0 bridgehead atoms. The molecule has 96 valence electrons. The summed E-state index contributed by atoms with van der Waals surface area (Å²) in [5.41, 5.74) is 0. The molecule has 0 spiro atoms. The Morgan fingerprint density at radius 1 is 1.00 bits per heavy atom. The maximum absolute atomic E-state index is 11.5. The van der Waals surface area contributed by atoms with E-state index >= 15 is 0 Å². The number of carbonyl (C=O) groups excluding carboxylic acids is 1. The molecule has 0 fully saturated rings. The first kappa shape index (κ1) is 15.3. The fourth-order valence-electron chi connectivity index (χ4n) is 1.77. The molecule has 0 heterocycles. The quantitative estimate of drug-likeness (QED) is 0.756. The predicted molar refractivity (Wildman–Crippen MR) is 67.5 cm³/mol. The van der Waals surface area contributed by atoms with Gasteiger partial charge in [-0.05, 0) is 38.5 Å². The molecule has 0 aromatic rings. The van der Waals surface area contributed by atoms with Crippen molar-refractivity contribution in [2.24, 2.45) is 11.8 Å². The molecule has 0 saturated carbocycles. The fraction of sp³-hybridized carbons (Fsp3) is 0.923. The molecule has 0 saturated heterocycles. The van der Waals surface area contributed by atoms with E-state index in [0.717, 1.165) is 12.8 Å². The Labute approximate surface area is 99.9 Å². The van der Waals surface area contributed by atoms with Gasteiger partial charge in [-0.2, -0.15) is 0 Å². The van der Waals surface area contributed by atoms with Crippen LogP contribution in [-0.4, -0.2) is 18.2 Å². The zero-order valence-corrected chi connectivity index (χ0v) is 11.5. The molecule has 0 aliphatic heterocycles. The van der Waals surface area contributed by atoms with Crippen LogP contribution in [0.25, 0.3) is 0 Å². The Kier molecular flexibility index (Phi) is 7.18. The maximum atomic E-state index is 11.5. The minimum Gasteiger partial charge on any atom is -0.447 e. The summed E-state index contributed by atoms with van der Waals surface area (Å²) in [6.45, 7) is 12.4. The van der Waals surface area contributed by atoms with Crippen LogP contribution >= 0.6 is 0 Å². The highest BCUT2D eigenvalue weighted by atomic mass is 16.6. The molecule has 0 aliphatic carbocycles. The molecule has 0 aromatic carbocycles. The smallest absolute Gasteiger partial charge is 0.407 e. The van der Waals surface area contributed by atoms with Gasteiger partial charge in [0.25, 0.3) is 0 Å². The van der Waals surface area contributed by atoms with Crippen LogP contribution in [0, 0.1) is 11.8 Å². The number of carbonyl (C=O) groups is 1. The van der Waals surface area contributed by atoms with Crippen LogP contribution in [0.3, 0.4) is 0 Å². The van der Waals surface area contributed by atoms with Gasteiger partial charge in [-0.15, -0.1) is 0 Å². The lowest BCUT2D eigenvalue weighted by Gasteiger charge is -2.22. The number of rotatable bonds is 6. The summed E-state index contributed by atoms with van der Waals surface area (Å²) in [5, 5.41) is 2.95. The topological polar surface area (TPSA) is 38.3 Å². The molecule has 0 radical (unpaired) electrons. The van der Waals surface area contributed by atoms with Crippen LogP contribution in [-0.2, 0) is 4.74 Å². The number of alkyl carbamates (subject to hydrolysis) is 1. The third-order valence-electron chi connectivity index (χ3n) is 2.18. The molecule has 1 amide bonds. The second-order valence-electron chi connectivity index (χ2n) is 5.55. The zero-order chi connectivity index (χ0) is 12.7. The van der Waals surface area contributed by atoms with Crippen molar-refractivity contribution in [3.8, 4) is 0 Å². The Morgan fingerprint density at radius 3 is 1.75 bits per heavy atom. The first-order valence-corrected chi connectivity index (χ1v) is 6.28. The second-order valence-corrected chi connectivity index (χ2v) is 5.55. The molecule has 0 rings (SSSR count). The molecular formula is C13H27NO2. The van der Waals surface area contributed by atoms with Gasteiger partial charge < -0.3 is 10.1 Å². The number of nitrogens with one attached hydrogen (secondary N) is 1. The highest BCUT2D eigenvalue weighted by molar-refractivity contribution is 5.67. The van der Waals surface area contributed by atoms with E-state index < -0.39 is 0 Å². The van der Waals surface area contributed by atoms with E-state index in [1.807, 2.05) is 13.8 Å². The van der Waals surface area contributed by atoms with Crippen molar-refractivity contribution in [1.29, 1.82) is 0 Å². The Morgan fingerprint density at radius 2 is 1.44 bits per heavy atom. The Bertz CT molecular complexity index is 190. The lowest BCUT2D eigenvalue weighted by atomic mass is 9.96. The van der Waals surface area contributed by atoms with Crippen molar-refractivity contribution in [2.75, 3.05) is 0 Å². The summed E-state index contributed by atoms with van der Waals surface area (Å²) in [7, 11) is 0. The Hall–Kier alpha value is -0.730. The maximum Gasteiger partial charge on any atom is 0.407 e. The van der Waals surface area contributed by atoms with Crippen molar-refractivity contribution in [3.63, 3.8) is 0 Å². The number of hydrogen-bond acceptors (Lipinski definition) is 2. The van der Waals surface area contributed by atoms with Gasteiger partial charge >= 0.3 is 6.09 Å². The van der Waals surface area contributed by atoms with Gasteiger partial charge in [0.05, 0.1) is 6.10 Å². The van der Waals surface area contributed by atoms with Gasteiger partial charge in [0, 0.05) is 6.04 Å². The van der Waals surface area contributed by atoms with Crippen molar-refractivity contribution in [1.82, 2.24) is 5.32 Å². The summed E-state index contributed by atoms with van der Waals surface area (Å²) in [5.74, 6) is 1.17. The molecule has 0 unspecified atom stereocenters. The van der Waals surface area contributed by atoms with E-state index in [1.54, 1.807) is 0 Å². The monoisotopic (exact) mass is 229 g/mol. The minimum atomic E-state index is -0.290. The number of ether oxygens (including phenoxy) is 1. The first-order chi connectivity index (χ1) is 7.31. The van der Waals surface area contributed by atoms with E-state index in [2.05, 4.69) is 33.0 Å². The lowest BCUT2D eigenvalue weighted by molar-refractivity contribution is 0.110. The average Bonchev–Trinajstić information content (AvgIpc) is 1.97. The fourth-order valence-corrected chi connectivity index (χ4v) is 1.77. The largest absolute Gasteiger partial charge is 0.447 e. The second kappa shape index (κ2) is 7.53. The van der Waals surface area contributed by atoms with Crippen LogP contribution in [0.15, 0.2) is 0 Å². The van der Waals surface area contributed by atoms with Crippen LogP contribution in [0.2, 0.25) is 0 Å². The number of amides is 1. The van der Waals surface area contributed by atoms with Gasteiger partial charge in [-0.25, -0.2) is 4.79 Å². The zero-order valence-electron chi connectivity index (χ0n) is 11.5. The van der Waals surface area contributed by atoms with Crippen molar-refractivity contribution in [2.45, 2.75) is 66.5 Å². The molecule has 0 atom stereocenters. The Balaban J connectivity index is 4.13. The van der Waals surface area contributed by atoms with Gasteiger partial charge in [-0.3, -0.25) is 0 Å². The van der Waals surface area contributed by atoms with Crippen LogP contribution in [0.1, 0.15) is 54.4 Å². The van der Waals surface area contributed by atoms with Crippen molar-refractivity contribution < 1.29 is 9.53 Å². The van der Waals surface area contributed by atoms with Crippen LogP contribution in [0.5, 0.6) is 0 Å². The highest BCUT2D eigenvalue weighted by Crippen LogP contribution is 2.13. The van der Waals surface area contributed by atoms with E-state index in [0.29, 0.717) is 11.8 Å². The highest BCUT2D eigenvalue weighted by Gasteiger charge is 2.16. The standard InChI is InChI=1S/C13H27NO2/c1-9(2)7-12(8-10(3)4)14-13(15)16-11(5)6/h9-12H,7-8H2,1-6H3,(H,14,15). The molecule has 1 N–H and O–H groups in total. The molecular weight excluding hydrogens is 202 g/mol. The van der Waals surface area contributed by atoms with Gasteiger partial charge in [0.15, 0.2) is 0 Å². The van der Waals surface area contributed by atoms with Crippen molar-refractivity contribution in [3.05, 3.63) is 0 Å². The van der Waals surface area contributed by atoms with Crippen LogP contribution < -0.4 is 5.32 Å². The SMILES string of the molecule is CC(C)CC(CC(C)C)NC(=O)OC(C)C. The first-order valence-electron chi connectivity index (χ1n) is 6.28. The third kappa shape index (κ3) is 8.57. The molecule has 0 aromatic heterocycles. The summed E-state index contributed by atoms with van der Waals surface area (Å²) in [6, 6.07) is 0.228. The summed E-state index contributed by atoms with van der Waals surface area (Å²) in [6.07, 6.45) is 1.66. The van der Waals surface area contributed by atoms with Gasteiger partial charge in [0.1, 0.15) is 0 Å². The number of hydrogen-bond donors (Lipinski definition) is 1. The normalized spacial score (nSPS) is 11.6. The summed E-state index contributed by atoms with van der Waals surface area (Å²) in [4.78, 5) is 11.5. The van der Waals surface area contributed by atoms with E-state index in [1.165, 1.54) is 0 Å². The minimum absolute atomic E-state index is 0.0567. The molecule has 3 heteroatoms. The lowest BCUT2D eigenvalue weighted by Crippen LogP contribution is -2.38.